The molecule has 0 fully saturated rings. The lowest BCUT2D eigenvalue weighted by atomic mass is 10.1. The normalized spacial score (nSPS) is 10.3. The molecule has 1 aromatic carbocycles. The van der Waals surface area contributed by atoms with Gasteiger partial charge in [0.2, 0.25) is 5.91 Å². The van der Waals surface area contributed by atoms with E-state index < -0.39 is 5.91 Å². The fourth-order valence-corrected chi connectivity index (χ4v) is 1.43. The standard InChI is InChI=1S/C12H18N2O2/c13-12(16)11-5-3-4-10(8-11)9-14-6-1-2-7-15/h3-5,8,14-15H,1-2,6-7,9H2,(H2,13,16). The van der Waals surface area contributed by atoms with Gasteiger partial charge in [-0.05, 0) is 37.1 Å². The van der Waals surface area contributed by atoms with Crippen molar-refractivity contribution in [3.63, 3.8) is 0 Å². The maximum atomic E-state index is 10.9. The molecule has 4 heteroatoms. The van der Waals surface area contributed by atoms with Crippen LogP contribution in [0.2, 0.25) is 0 Å². The topological polar surface area (TPSA) is 75.4 Å². The molecule has 0 aliphatic heterocycles. The summed E-state index contributed by atoms with van der Waals surface area (Å²) >= 11 is 0. The van der Waals surface area contributed by atoms with Crippen molar-refractivity contribution in [3.8, 4) is 0 Å². The minimum absolute atomic E-state index is 0.235. The van der Waals surface area contributed by atoms with E-state index in [1.165, 1.54) is 0 Å². The summed E-state index contributed by atoms with van der Waals surface area (Å²) in [6.07, 6.45) is 1.76. The number of primary amides is 1. The summed E-state index contributed by atoms with van der Waals surface area (Å²) in [6.45, 7) is 1.81. The van der Waals surface area contributed by atoms with Gasteiger partial charge in [0.25, 0.3) is 0 Å². The number of amides is 1. The highest BCUT2D eigenvalue weighted by atomic mass is 16.2. The minimum Gasteiger partial charge on any atom is -0.396 e. The highest BCUT2D eigenvalue weighted by Crippen LogP contribution is 2.04. The van der Waals surface area contributed by atoms with Gasteiger partial charge in [0.1, 0.15) is 0 Å². The van der Waals surface area contributed by atoms with Crippen LogP contribution in [0, 0.1) is 0 Å². The second-order valence-corrected chi connectivity index (χ2v) is 3.67. The summed E-state index contributed by atoms with van der Waals surface area (Å²) < 4.78 is 0. The molecule has 0 aromatic heterocycles. The number of unbranched alkanes of at least 4 members (excludes halogenated alkanes) is 1. The summed E-state index contributed by atoms with van der Waals surface area (Å²) in [6, 6.07) is 7.27. The van der Waals surface area contributed by atoms with Crippen LogP contribution in [-0.2, 0) is 6.54 Å². The van der Waals surface area contributed by atoms with Crippen molar-refractivity contribution in [3.05, 3.63) is 35.4 Å². The Morgan fingerprint density at radius 3 is 2.88 bits per heavy atom. The molecular weight excluding hydrogens is 204 g/mol. The van der Waals surface area contributed by atoms with Gasteiger partial charge in [0, 0.05) is 18.7 Å². The highest BCUT2D eigenvalue weighted by Gasteiger charge is 2.00. The second-order valence-electron chi connectivity index (χ2n) is 3.67. The summed E-state index contributed by atoms with van der Waals surface area (Å²) in [4.78, 5) is 10.9. The van der Waals surface area contributed by atoms with Gasteiger partial charge in [-0.3, -0.25) is 4.79 Å². The third-order valence-electron chi connectivity index (χ3n) is 2.30. The van der Waals surface area contributed by atoms with Crippen LogP contribution < -0.4 is 11.1 Å². The highest BCUT2D eigenvalue weighted by molar-refractivity contribution is 5.92. The number of nitrogens with one attached hydrogen (secondary N) is 1. The van der Waals surface area contributed by atoms with Crippen molar-refractivity contribution >= 4 is 5.91 Å². The second kappa shape index (κ2) is 6.98. The Hall–Kier alpha value is -1.39. The Morgan fingerprint density at radius 1 is 1.38 bits per heavy atom. The molecule has 0 saturated heterocycles. The monoisotopic (exact) mass is 222 g/mol. The number of carbonyl (C=O) groups is 1. The number of hydrogen-bond donors (Lipinski definition) is 3. The van der Waals surface area contributed by atoms with Gasteiger partial charge >= 0.3 is 0 Å². The van der Waals surface area contributed by atoms with Gasteiger partial charge < -0.3 is 16.2 Å². The maximum Gasteiger partial charge on any atom is 0.248 e. The average molecular weight is 222 g/mol. The zero-order chi connectivity index (χ0) is 11.8. The third kappa shape index (κ3) is 4.42. The molecule has 88 valence electrons. The van der Waals surface area contributed by atoms with E-state index in [1.54, 1.807) is 12.1 Å². The molecule has 4 nitrogen and oxygen atoms in total. The largest absolute Gasteiger partial charge is 0.396 e. The fraction of sp³-hybridized carbons (Fsp3) is 0.417. The van der Waals surface area contributed by atoms with E-state index in [-0.39, 0.29) is 6.61 Å². The molecule has 16 heavy (non-hydrogen) atoms. The van der Waals surface area contributed by atoms with Gasteiger partial charge in [-0.2, -0.15) is 0 Å². The Kier molecular flexibility index (Phi) is 5.53. The van der Waals surface area contributed by atoms with Crippen LogP contribution in [-0.4, -0.2) is 24.2 Å². The molecule has 0 bridgehead atoms. The molecule has 1 amide bonds. The number of carbonyl (C=O) groups excluding carboxylic acids is 1. The fourth-order valence-electron chi connectivity index (χ4n) is 1.43. The molecular formula is C12H18N2O2. The number of rotatable bonds is 7. The van der Waals surface area contributed by atoms with Crippen molar-refractivity contribution in [1.29, 1.82) is 0 Å². The molecule has 0 heterocycles. The lowest BCUT2D eigenvalue weighted by molar-refractivity contribution is 0.1000. The van der Waals surface area contributed by atoms with E-state index in [9.17, 15) is 4.79 Å². The number of aliphatic hydroxyl groups is 1. The molecule has 0 saturated carbocycles. The minimum atomic E-state index is -0.401. The van der Waals surface area contributed by atoms with E-state index >= 15 is 0 Å². The van der Waals surface area contributed by atoms with Crippen molar-refractivity contribution in [2.45, 2.75) is 19.4 Å². The first kappa shape index (κ1) is 12.7. The van der Waals surface area contributed by atoms with Crippen LogP contribution in [0.15, 0.2) is 24.3 Å². The van der Waals surface area contributed by atoms with Crippen molar-refractivity contribution < 1.29 is 9.90 Å². The Morgan fingerprint density at radius 2 is 2.19 bits per heavy atom. The van der Waals surface area contributed by atoms with Crippen LogP contribution in [0.4, 0.5) is 0 Å². The first-order chi connectivity index (χ1) is 7.74. The molecule has 0 spiro atoms. The van der Waals surface area contributed by atoms with Crippen LogP contribution >= 0.6 is 0 Å². The molecule has 4 N–H and O–H groups in total. The summed E-state index contributed by atoms with van der Waals surface area (Å²) in [5.41, 5.74) is 6.77. The Balaban J connectivity index is 2.36. The van der Waals surface area contributed by atoms with Crippen molar-refractivity contribution in [2.75, 3.05) is 13.2 Å². The molecule has 1 rings (SSSR count). The first-order valence-corrected chi connectivity index (χ1v) is 5.44. The van der Waals surface area contributed by atoms with Gasteiger partial charge in [-0.25, -0.2) is 0 Å². The average Bonchev–Trinajstić information content (AvgIpc) is 2.29. The quantitative estimate of drug-likeness (QED) is 0.593. The zero-order valence-electron chi connectivity index (χ0n) is 9.28. The lowest BCUT2D eigenvalue weighted by Crippen LogP contribution is -2.16. The SMILES string of the molecule is NC(=O)c1cccc(CNCCCCO)c1. The smallest absolute Gasteiger partial charge is 0.248 e. The van der Waals surface area contributed by atoms with Gasteiger partial charge in [0.05, 0.1) is 0 Å². The summed E-state index contributed by atoms with van der Waals surface area (Å²) in [5, 5.41) is 11.8. The van der Waals surface area contributed by atoms with Crippen LogP contribution in [0.25, 0.3) is 0 Å². The van der Waals surface area contributed by atoms with Gasteiger partial charge in [-0.1, -0.05) is 12.1 Å². The lowest BCUT2D eigenvalue weighted by Gasteiger charge is -2.05. The molecule has 0 radical (unpaired) electrons. The number of aliphatic hydroxyl groups excluding tert-OH is 1. The Bertz CT molecular complexity index is 340. The number of hydrogen-bond acceptors (Lipinski definition) is 3. The Labute approximate surface area is 95.5 Å². The predicted molar refractivity (Wildman–Crippen MR) is 63.0 cm³/mol. The van der Waals surface area contributed by atoms with E-state index in [2.05, 4.69) is 5.32 Å². The molecule has 0 unspecified atom stereocenters. The summed E-state index contributed by atoms with van der Waals surface area (Å²) in [7, 11) is 0. The van der Waals surface area contributed by atoms with E-state index in [0.717, 1.165) is 24.9 Å². The number of benzene rings is 1. The molecule has 0 atom stereocenters. The van der Waals surface area contributed by atoms with E-state index in [4.69, 9.17) is 10.8 Å². The summed E-state index contributed by atoms with van der Waals surface area (Å²) in [5.74, 6) is -0.401. The molecule has 1 aromatic rings. The first-order valence-electron chi connectivity index (χ1n) is 5.44. The molecule has 0 aliphatic carbocycles. The predicted octanol–water partition coefficient (Wildman–Crippen LogP) is 0.648. The van der Waals surface area contributed by atoms with Crippen molar-refractivity contribution in [1.82, 2.24) is 5.32 Å². The van der Waals surface area contributed by atoms with E-state index in [0.29, 0.717) is 12.1 Å². The van der Waals surface area contributed by atoms with Gasteiger partial charge in [0.15, 0.2) is 0 Å². The van der Waals surface area contributed by atoms with Crippen LogP contribution in [0.5, 0.6) is 0 Å². The van der Waals surface area contributed by atoms with Crippen molar-refractivity contribution in [2.24, 2.45) is 5.73 Å². The number of nitrogens with two attached hydrogens (primary N) is 1. The maximum absolute atomic E-state index is 10.9. The molecule has 0 aliphatic rings. The zero-order valence-corrected chi connectivity index (χ0v) is 9.28. The van der Waals surface area contributed by atoms with E-state index in [1.807, 2.05) is 12.1 Å². The van der Waals surface area contributed by atoms with Crippen LogP contribution in [0.1, 0.15) is 28.8 Å². The van der Waals surface area contributed by atoms with Gasteiger partial charge in [-0.15, -0.1) is 0 Å². The third-order valence-corrected chi connectivity index (χ3v) is 2.30. The van der Waals surface area contributed by atoms with Crippen LogP contribution in [0.3, 0.4) is 0 Å².